The van der Waals surface area contributed by atoms with Crippen molar-refractivity contribution in [3.05, 3.63) is 71.4 Å². The summed E-state index contributed by atoms with van der Waals surface area (Å²) in [5.41, 5.74) is 4.67. The quantitative estimate of drug-likeness (QED) is 0.257. The number of aromatic nitrogens is 2. The van der Waals surface area contributed by atoms with Gasteiger partial charge in [0.2, 0.25) is 5.78 Å². The number of esters is 1. The largest absolute Gasteiger partial charge is 0.457 e. The van der Waals surface area contributed by atoms with Crippen LogP contribution in [0, 0.1) is 6.92 Å². The number of nitrogens with one attached hydrogen (secondary N) is 1. The molecule has 0 saturated carbocycles. The van der Waals surface area contributed by atoms with Gasteiger partial charge in [0.15, 0.2) is 6.61 Å². The number of aryl methyl sites for hydroxylation is 2. The standard InChI is InChI=1S/C24H22N2O3S/c1-3-16-7-6-9-18-19(12-25-24(16)18)21(27)13-29-23(28)14-30-22-11-15(2)17-8-4-5-10-20(17)26-22/h4-12,25H,3,13-14H2,1-2H3. The van der Waals surface area contributed by atoms with Crippen molar-refractivity contribution >= 4 is 45.3 Å². The fraction of sp³-hybridized carbons (Fsp3) is 0.208. The first kappa shape index (κ1) is 20.2. The summed E-state index contributed by atoms with van der Waals surface area (Å²) in [6.07, 6.45) is 2.57. The van der Waals surface area contributed by atoms with Gasteiger partial charge in [-0.3, -0.25) is 9.59 Å². The summed E-state index contributed by atoms with van der Waals surface area (Å²) in [5, 5.41) is 2.72. The molecule has 4 aromatic rings. The fourth-order valence-electron chi connectivity index (χ4n) is 3.53. The summed E-state index contributed by atoms with van der Waals surface area (Å²) in [5.74, 6) is -0.547. The minimum Gasteiger partial charge on any atom is -0.457 e. The molecular weight excluding hydrogens is 396 g/mol. The Hall–Kier alpha value is -3.12. The Kier molecular flexibility index (Phi) is 5.86. The van der Waals surface area contributed by atoms with E-state index in [0.29, 0.717) is 5.56 Å². The summed E-state index contributed by atoms with van der Waals surface area (Å²) < 4.78 is 5.22. The van der Waals surface area contributed by atoms with E-state index >= 15 is 0 Å². The zero-order chi connectivity index (χ0) is 21.1. The Labute approximate surface area is 178 Å². The first-order valence-corrected chi connectivity index (χ1v) is 10.8. The predicted octanol–water partition coefficient (Wildman–Crippen LogP) is 5.11. The van der Waals surface area contributed by atoms with Crippen LogP contribution in [0.2, 0.25) is 0 Å². The maximum Gasteiger partial charge on any atom is 0.316 e. The lowest BCUT2D eigenvalue weighted by Crippen LogP contribution is -2.15. The minimum atomic E-state index is -0.435. The zero-order valence-electron chi connectivity index (χ0n) is 16.9. The number of para-hydroxylation sites is 2. The molecule has 2 heterocycles. The molecule has 0 unspecified atom stereocenters. The number of hydrogen-bond acceptors (Lipinski definition) is 5. The van der Waals surface area contributed by atoms with E-state index in [2.05, 4.69) is 16.9 Å². The molecule has 2 aromatic carbocycles. The van der Waals surface area contributed by atoms with Gasteiger partial charge in [0.25, 0.3) is 0 Å². The molecule has 6 heteroatoms. The highest BCUT2D eigenvalue weighted by Gasteiger charge is 2.16. The molecule has 0 spiro atoms. The van der Waals surface area contributed by atoms with Gasteiger partial charge in [-0.2, -0.15) is 0 Å². The molecule has 30 heavy (non-hydrogen) atoms. The minimum absolute atomic E-state index is 0.103. The lowest BCUT2D eigenvalue weighted by atomic mass is 10.1. The number of Topliss-reactive ketones (excluding diaryl/α,β-unsaturated/α-hetero) is 1. The second-order valence-electron chi connectivity index (χ2n) is 7.06. The number of ether oxygens (including phenoxy) is 1. The van der Waals surface area contributed by atoms with E-state index < -0.39 is 5.97 Å². The van der Waals surface area contributed by atoms with Gasteiger partial charge in [0.05, 0.1) is 16.3 Å². The molecule has 0 aliphatic carbocycles. The summed E-state index contributed by atoms with van der Waals surface area (Å²) in [7, 11) is 0. The smallest absolute Gasteiger partial charge is 0.316 e. The third-order valence-electron chi connectivity index (χ3n) is 5.08. The molecular formula is C24H22N2O3S. The predicted molar refractivity (Wildman–Crippen MR) is 120 cm³/mol. The van der Waals surface area contributed by atoms with Crippen LogP contribution in [-0.2, 0) is 16.0 Å². The molecule has 0 saturated heterocycles. The van der Waals surface area contributed by atoms with Crippen LogP contribution >= 0.6 is 11.8 Å². The van der Waals surface area contributed by atoms with Crippen LogP contribution in [0.3, 0.4) is 0 Å². The number of nitrogens with zero attached hydrogens (tertiary/aromatic N) is 1. The number of fused-ring (bicyclic) bond motifs is 2. The van der Waals surface area contributed by atoms with Crippen molar-refractivity contribution < 1.29 is 14.3 Å². The SMILES string of the molecule is CCc1cccc2c(C(=O)COC(=O)CSc3cc(C)c4ccccc4n3)c[nH]c12. The van der Waals surface area contributed by atoms with Gasteiger partial charge >= 0.3 is 5.97 Å². The number of benzene rings is 2. The van der Waals surface area contributed by atoms with Crippen LogP contribution in [0.15, 0.2) is 59.8 Å². The van der Waals surface area contributed by atoms with Crippen LogP contribution in [0.25, 0.3) is 21.8 Å². The Morgan fingerprint density at radius 2 is 1.90 bits per heavy atom. The van der Waals surface area contributed by atoms with Crippen molar-refractivity contribution in [1.29, 1.82) is 0 Å². The second kappa shape index (κ2) is 8.71. The normalized spacial score (nSPS) is 11.1. The molecule has 0 aliphatic heterocycles. The highest BCUT2D eigenvalue weighted by Crippen LogP contribution is 2.24. The highest BCUT2D eigenvalue weighted by molar-refractivity contribution is 7.99. The first-order valence-electron chi connectivity index (χ1n) is 9.83. The van der Waals surface area contributed by atoms with Crippen molar-refractivity contribution in [3.63, 3.8) is 0 Å². The number of H-pyrrole nitrogens is 1. The topological polar surface area (TPSA) is 72.1 Å². The first-order chi connectivity index (χ1) is 14.6. The van der Waals surface area contributed by atoms with Crippen molar-refractivity contribution in [3.8, 4) is 0 Å². The van der Waals surface area contributed by atoms with Crippen LogP contribution in [0.1, 0.15) is 28.4 Å². The summed E-state index contributed by atoms with van der Waals surface area (Å²) in [4.78, 5) is 32.5. The van der Waals surface area contributed by atoms with Gasteiger partial charge < -0.3 is 9.72 Å². The molecule has 0 fully saturated rings. The Bertz CT molecular complexity index is 1250. The third kappa shape index (κ3) is 4.09. The summed E-state index contributed by atoms with van der Waals surface area (Å²) in [6.45, 7) is 3.82. The summed E-state index contributed by atoms with van der Waals surface area (Å²) >= 11 is 1.31. The van der Waals surface area contributed by atoms with E-state index in [-0.39, 0.29) is 18.1 Å². The van der Waals surface area contributed by atoms with Crippen molar-refractivity contribution in [1.82, 2.24) is 9.97 Å². The zero-order valence-corrected chi connectivity index (χ0v) is 17.7. The molecule has 1 N–H and O–H groups in total. The van der Waals surface area contributed by atoms with Gasteiger partial charge in [-0.15, -0.1) is 0 Å². The molecule has 152 valence electrons. The molecule has 2 aromatic heterocycles. The van der Waals surface area contributed by atoms with Crippen LogP contribution in [-0.4, -0.2) is 34.1 Å². The van der Waals surface area contributed by atoms with Gasteiger partial charge in [-0.05, 0) is 36.6 Å². The number of carbonyl (C=O) groups is 2. The fourth-order valence-corrected chi connectivity index (χ4v) is 4.31. The molecule has 0 amide bonds. The molecule has 0 radical (unpaired) electrons. The highest BCUT2D eigenvalue weighted by atomic mass is 32.2. The van der Waals surface area contributed by atoms with Gasteiger partial charge in [-0.1, -0.05) is 55.1 Å². The second-order valence-corrected chi connectivity index (χ2v) is 8.06. The molecule has 0 atom stereocenters. The number of carbonyl (C=O) groups excluding carboxylic acids is 2. The van der Waals surface area contributed by atoms with Crippen molar-refractivity contribution in [2.75, 3.05) is 12.4 Å². The molecule has 0 aliphatic rings. The Morgan fingerprint density at radius 1 is 1.10 bits per heavy atom. The summed E-state index contributed by atoms with van der Waals surface area (Å²) in [6, 6.07) is 15.7. The number of hydrogen-bond donors (Lipinski definition) is 1. The van der Waals surface area contributed by atoms with Gasteiger partial charge in [-0.25, -0.2) is 4.98 Å². The van der Waals surface area contributed by atoms with Crippen LogP contribution < -0.4 is 0 Å². The van der Waals surface area contributed by atoms with Gasteiger partial charge in [0.1, 0.15) is 0 Å². The number of thioether (sulfide) groups is 1. The van der Waals surface area contributed by atoms with E-state index in [9.17, 15) is 9.59 Å². The number of ketones is 1. The average molecular weight is 419 g/mol. The van der Waals surface area contributed by atoms with E-state index in [1.807, 2.05) is 55.5 Å². The Morgan fingerprint density at radius 3 is 2.73 bits per heavy atom. The lowest BCUT2D eigenvalue weighted by molar-refractivity contribution is -0.139. The number of aromatic amines is 1. The maximum atomic E-state index is 12.6. The van der Waals surface area contributed by atoms with Crippen LogP contribution in [0.5, 0.6) is 0 Å². The molecule has 0 bridgehead atoms. The third-order valence-corrected chi connectivity index (χ3v) is 5.97. The monoisotopic (exact) mass is 418 g/mol. The maximum absolute atomic E-state index is 12.6. The number of rotatable bonds is 7. The average Bonchev–Trinajstić information content (AvgIpc) is 3.20. The molecule has 4 rings (SSSR count). The van der Waals surface area contributed by atoms with E-state index in [0.717, 1.165) is 44.4 Å². The number of pyridine rings is 1. The van der Waals surface area contributed by atoms with Gasteiger partial charge in [0, 0.05) is 28.0 Å². The Balaban J connectivity index is 1.37. The lowest BCUT2D eigenvalue weighted by Gasteiger charge is -2.07. The van der Waals surface area contributed by atoms with E-state index in [1.54, 1.807) is 6.20 Å². The van der Waals surface area contributed by atoms with Crippen LogP contribution in [0.4, 0.5) is 0 Å². The van der Waals surface area contributed by atoms with Crippen molar-refractivity contribution in [2.24, 2.45) is 0 Å². The molecule has 5 nitrogen and oxygen atoms in total. The van der Waals surface area contributed by atoms with E-state index in [1.165, 1.54) is 11.8 Å². The van der Waals surface area contributed by atoms with E-state index in [4.69, 9.17) is 4.74 Å². The van der Waals surface area contributed by atoms with Crippen molar-refractivity contribution in [2.45, 2.75) is 25.3 Å².